The third-order valence-electron chi connectivity index (χ3n) is 3.35. The average molecular weight is 271 g/mol. The molecule has 0 saturated carbocycles. The first-order valence-corrected chi connectivity index (χ1v) is 6.82. The standard InChI is InChI=1S/C17H21NO2/c1-13-6-5-9-16(14(13)2)19-10-11-20-17-8-4-3-7-15(17)12-18/h3-9H,10-12,18H2,1-2H3. The zero-order chi connectivity index (χ0) is 14.4. The molecule has 2 aromatic rings. The maximum Gasteiger partial charge on any atom is 0.123 e. The fourth-order valence-corrected chi connectivity index (χ4v) is 2.00. The van der Waals surface area contributed by atoms with E-state index < -0.39 is 0 Å². The van der Waals surface area contributed by atoms with Gasteiger partial charge in [0.25, 0.3) is 0 Å². The highest BCUT2D eigenvalue weighted by molar-refractivity contribution is 5.38. The molecule has 0 aromatic heterocycles. The number of hydrogen-bond donors (Lipinski definition) is 1. The van der Waals surface area contributed by atoms with Crippen LogP contribution in [0.2, 0.25) is 0 Å². The number of benzene rings is 2. The normalized spacial score (nSPS) is 10.3. The second-order valence-corrected chi connectivity index (χ2v) is 4.71. The first kappa shape index (κ1) is 14.4. The van der Waals surface area contributed by atoms with Crippen molar-refractivity contribution in [2.45, 2.75) is 20.4 Å². The van der Waals surface area contributed by atoms with Gasteiger partial charge in [-0.15, -0.1) is 0 Å². The number of para-hydroxylation sites is 1. The molecule has 106 valence electrons. The Balaban J connectivity index is 1.86. The molecule has 0 unspecified atom stereocenters. The lowest BCUT2D eigenvalue weighted by Crippen LogP contribution is -2.11. The molecule has 0 aliphatic heterocycles. The van der Waals surface area contributed by atoms with Gasteiger partial charge in [0.2, 0.25) is 0 Å². The van der Waals surface area contributed by atoms with Crippen LogP contribution < -0.4 is 15.2 Å². The zero-order valence-electron chi connectivity index (χ0n) is 12.1. The molecule has 2 N–H and O–H groups in total. The Labute approximate surface area is 120 Å². The van der Waals surface area contributed by atoms with Crippen molar-refractivity contribution >= 4 is 0 Å². The first-order valence-electron chi connectivity index (χ1n) is 6.82. The van der Waals surface area contributed by atoms with Gasteiger partial charge in [-0.3, -0.25) is 0 Å². The van der Waals surface area contributed by atoms with Gasteiger partial charge < -0.3 is 15.2 Å². The first-order chi connectivity index (χ1) is 9.72. The quantitative estimate of drug-likeness (QED) is 0.820. The summed E-state index contributed by atoms with van der Waals surface area (Å²) < 4.78 is 11.5. The molecule has 0 fully saturated rings. The van der Waals surface area contributed by atoms with Crippen LogP contribution in [-0.4, -0.2) is 13.2 Å². The van der Waals surface area contributed by atoms with Crippen LogP contribution in [0.4, 0.5) is 0 Å². The topological polar surface area (TPSA) is 44.5 Å². The Hall–Kier alpha value is -2.00. The van der Waals surface area contributed by atoms with Crippen molar-refractivity contribution in [3.05, 3.63) is 59.2 Å². The lowest BCUT2D eigenvalue weighted by Gasteiger charge is -2.13. The highest BCUT2D eigenvalue weighted by Crippen LogP contribution is 2.21. The van der Waals surface area contributed by atoms with Gasteiger partial charge >= 0.3 is 0 Å². The summed E-state index contributed by atoms with van der Waals surface area (Å²) in [6.07, 6.45) is 0. The van der Waals surface area contributed by atoms with Crippen LogP contribution >= 0.6 is 0 Å². The van der Waals surface area contributed by atoms with Gasteiger partial charge in [0.1, 0.15) is 24.7 Å². The number of ether oxygens (including phenoxy) is 2. The minimum absolute atomic E-state index is 0.480. The van der Waals surface area contributed by atoms with E-state index in [4.69, 9.17) is 15.2 Å². The van der Waals surface area contributed by atoms with Gasteiger partial charge in [0.15, 0.2) is 0 Å². The Bertz CT molecular complexity index is 567. The molecule has 0 spiro atoms. The van der Waals surface area contributed by atoms with Crippen LogP contribution in [0.5, 0.6) is 11.5 Å². The van der Waals surface area contributed by atoms with Crippen molar-refractivity contribution in [1.29, 1.82) is 0 Å². The zero-order valence-corrected chi connectivity index (χ0v) is 12.1. The van der Waals surface area contributed by atoms with Crippen molar-refractivity contribution in [2.75, 3.05) is 13.2 Å². The summed E-state index contributed by atoms with van der Waals surface area (Å²) in [6.45, 7) is 5.65. The van der Waals surface area contributed by atoms with Crippen LogP contribution in [-0.2, 0) is 6.54 Å². The van der Waals surface area contributed by atoms with E-state index in [2.05, 4.69) is 19.9 Å². The molecule has 0 aliphatic carbocycles. The van der Waals surface area contributed by atoms with Gasteiger partial charge in [-0.05, 0) is 37.1 Å². The van der Waals surface area contributed by atoms with E-state index in [1.807, 2.05) is 36.4 Å². The molecule has 3 nitrogen and oxygen atoms in total. The number of aryl methyl sites for hydroxylation is 1. The SMILES string of the molecule is Cc1cccc(OCCOc2ccccc2CN)c1C. The second-order valence-electron chi connectivity index (χ2n) is 4.71. The van der Waals surface area contributed by atoms with Crippen LogP contribution in [0.25, 0.3) is 0 Å². The Morgan fingerprint density at radius 1 is 0.850 bits per heavy atom. The third kappa shape index (κ3) is 3.52. The van der Waals surface area contributed by atoms with Gasteiger partial charge in [-0.25, -0.2) is 0 Å². The average Bonchev–Trinajstić information content (AvgIpc) is 2.48. The molecule has 0 saturated heterocycles. The van der Waals surface area contributed by atoms with E-state index in [0.717, 1.165) is 17.1 Å². The van der Waals surface area contributed by atoms with Crippen molar-refractivity contribution in [2.24, 2.45) is 5.73 Å². The molecule has 3 heteroatoms. The van der Waals surface area contributed by atoms with E-state index in [0.29, 0.717) is 19.8 Å². The molecule has 0 atom stereocenters. The minimum atomic E-state index is 0.480. The second kappa shape index (κ2) is 6.96. The fourth-order valence-electron chi connectivity index (χ4n) is 2.00. The maximum atomic E-state index is 5.76. The molecule has 0 aliphatic rings. The van der Waals surface area contributed by atoms with Crippen molar-refractivity contribution in [1.82, 2.24) is 0 Å². The predicted octanol–water partition coefficient (Wildman–Crippen LogP) is 3.22. The molecule has 0 bridgehead atoms. The summed E-state index contributed by atoms with van der Waals surface area (Å²) in [5.74, 6) is 1.75. The molecule has 20 heavy (non-hydrogen) atoms. The van der Waals surface area contributed by atoms with Gasteiger partial charge in [0, 0.05) is 12.1 Å². The van der Waals surface area contributed by atoms with E-state index >= 15 is 0 Å². The lowest BCUT2D eigenvalue weighted by molar-refractivity contribution is 0.215. The molecule has 2 aromatic carbocycles. The number of hydrogen-bond acceptors (Lipinski definition) is 3. The summed E-state index contributed by atoms with van der Waals surface area (Å²) in [4.78, 5) is 0. The Kier molecular flexibility index (Phi) is 5.02. The molecule has 0 radical (unpaired) electrons. The highest BCUT2D eigenvalue weighted by atomic mass is 16.5. The Morgan fingerprint density at radius 2 is 1.50 bits per heavy atom. The molecule has 2 rings (SSSR count). The summed E-state index contributed by atoms with van der Waals surface area (Å²) in [7, 11) is 0. The monoisotopic (exact) mass is 271 g/mol. The van der Waals surface area contributed by atoms with E-state index in [-0.39, 0.29) is 0 Å². The number of rotatable bonds is 6. The third-order valence-corrected chi connectivity index (χ3v) is 3.35. The maximum absolute atomic E-state index is 5.76. The van der Waals surface area contributed by atoms with E-state index in [1.54, 1.807) is 0 Å². The molecular weight excluding hydrogens is 250 g/mol. The summed E-state index contributed by atoms with van der Waals surface area (Å²) in [5.41, 5.74) is 9.09. The minimum Gasteiger partial charge on any atom is -0.490 e. The summed E-state index contributed by atoms with van der Waals surface area (Å²) in [5, 5.41) is 0. The van der Waals surface area contributed by atoms with Gasteiger partial charge in [0.05, 0.1) is 0 Å². The van der Waals surface area contributed by atoms with Gasteiger partial charge in [-0.2, -0.15) is 0 Å². The molecule has 0 heterocycles. The smallest absolute Gasteiger partial charge is 0.123 e. The highest BCUT2D eigenvalue weighted by Gasteiger charge is 2.03. The predicted molar refractivity (Wildman–Crippen MR) is 81.2 cm³/mol. The lowest BCUT2D eigenvalue weighted by atomic mass is 10.1. The summed E-state index contributed by atoms with van der Waals surface area (Å²) in [6, 6.07) is 13.9. The van der Waals surface area contributed by atoms with E-state index in [1.165, 1.54) is 11.1 Å². The van der Waals surface area contributed by atoms with Crippen LogP contribution in [0, 0.1) is 13.8 Å². The molecular formula is C17H21NO2. The van der Waals surface area contributed by atoms with Gasteiger partial charge in [-0.1, -0.05) is 30.3 Å². The Morgan fingerprint density at radius 3 is 2.25 bits per heavy atom. The fraction of sp³-hybridized carbons (Fsp3) is 0.294. The largest absolute Gasteiger partial charge is 0.490 e. The van der Waals surface area contributed by atoms with Crippen molar-refractivity contribution in [3.8, 4) is 11.5 Å². The number of nitrogens with two attached hydrogens (primary N) is 1. The molecule has 0 amide bonds. The van der Waals surface area contributed by atoms with Crippen LogP contribution in [0.1, 0.15) is 16.7 Å². The van der Waals surface area contributed by atoms with Crippen molar-refractivity contribution in [3.63, 3.8) is 0 Å². The van der Waals surface area contributed by atoms with Crippen LogP contribution in [0.15, 0.2) is 42.5 Å². The van der Waals surface area contributed by atoms with Crippen LogP contribution in [0.3, 0.4) is 0 Å². The summed E-state index contributed by atoms with van der Waals surface area (Å²) >= 11 is 0. The van der Waals surface area contributed by atoms with E-state index in [9.17, 15) is 0 Å². The van der Waals surface area contributed by atoms with Crippen molar-refractivity contribution < 1.29 is 9.47 Å².